The molecule has 1 aromatic rings. The van der Waals surface area contributed by atoms with Gasteiger partial charge in [-0.15, -0.1) is 0 Å². The van der Waals surface area contributed by atoms with E-state index in [1.54, 1.807) is 6.92 Å². The van der Waals surface area contributed by atoms with Gasteiger partial charge in [-0.1, -0.05) is 0 Å². The van der Waals surface area contributed by atoms with Gasteiger partial charge in [0.05, 0.1) is 0 Å². The fourth-order valence-corrected chi connectivity index (χ4v) is 1.98. The van der Waals surface area contributed by atoms with Crippen LogP contribution in [-0.2, 0) is 4.79 Å². The van der Waals surface area contributed by atoms with Gasteiger partial charge in [0.1, 0.15) is 11.9 Å². The summed E-state index contributed by atoms with van der Waals surface area (Å²) >= 11 is 0. The molecule has 0 saturated carbocycles. The van der Waals surface area contributed by atoms with Gasteiger partial charge in [-0.25, -0.2) is 4.39 Å². The fraction of sp³-hybridized carbons (Fsp3) is 0.385. The summed E-state index contributed by atoms with van der Waals surface area (Å²) in [6.07, 6.45) is 1.39. The van der Waals surface area contributed by atoms with Crippen LogP contribution in [0.5, 0.6) is 0 Å². The van der Waals surface area contributed by atoms with Crippen LogP contribution in [0.3, 0.4) is 0 Å². The number of rotatable bonds is 2. The highest BCUT2D eigenvalue weighted by Gasteiger charge is 2.24. The van der Waals surface area contributed by atoms with Gasteiger partial charge in [-0.3, -0.25) is 9.59 Å². The lowest BCUT2D eigenvalue weighted by atomic mass is 10.0. The zero-order valence-corrected chi connectivity index (χ0v) is 10.6. The van der Waals surface area contributed by atoms with Crippen LogP contribution in [0.1, 0.15) is 28.8 Å². The normalized spacial score (nSPS) is 18.8. The Morgan fingerprint density at radius 1 is 1.53 bits per heavy atom. The largest absolute Gasteiger partial charge is 0.398 e. The number of benzene rings is 1. The van der Waals surface area contributed by atoms with Crippen molar-refractivity contribution in [2.45, 2.75) is 25.8 Å². The molecule has 0 bridgehead atoms. The van der Waals surface area contributed by atoms with Crippen molar-refractivity contribution in [2.75, 3.05) is 12.3 Å². The van der Waals surface area contributed by atoms with Crippen LogP contribution < -0.4 is 16.4 Å². The number of hydrogen-bond donors (Lipinski definition) is 3. The Labute approximate surface area is 110 Å². The van der Waals surface area contributed by atoms with Gasteiger partial charge in [0, 0.05) is 23.4 Å². The molecule has 1 unspecified atom stereocenters. The van der Waals surface area contributed by atoms with Crippen molar-refractivity contribution in [1.82, 2.24) is 10.6 Å². The van der Waals surface area contributed by atoms with Gasteiger partial charge in [0.25, 0.3) is 5.91 Å². The number of halogens is 1. The third kappa shape index (κ3) is 2.83. The maximum atomic E-state index is 13.5. The van der Waals surface area contributed by atoms with E-state index in [0.29, 0.717) is 18.5 Å². The molecule has 1 heterocycles. The van der Waals surface area contributed by atoms with E-state index in [-0.39, 0.29) is 17.2 Å². The maximum absolute atomic E-state index is 13.5. The molecule has 0 aromatic heterocycles. The molecular formula is C13H16FN3O2. The van der Waals surface area contributed by atoms with Gasteiger partial charge in [0.15, 0.2) is 0 Å². The zero-order valence-electron chi connectivity index (χ0n) is 10.6. The Kier molecular flexibility index (Phi) is 3.69. The first-order valence-corrected chi connectivity index (χ1v) is 6.13. The van der Waals surface area contributed by atoms with Gasteiger partial charge in [0.2, 0.25) is 5.91 Å². The van der Waals surface area contributed by atoms with Gasteiger partial charge in [-0.05, 0) is 31.9 Å². The molecule has 0 radical (unpaired) electrons. The van der Waals surface area contributed by atoms with E-state index in [1.807, 2.05) is 0 Å². The molecule has 4 N–H and O–H groups in total. The van der Waals surface area contributed by atoms with Crippen LogP contribution in [0.4, 0.5) is 10.1 Å². The van der Waals surface area contributed by atoms with E-state index in [2.05, 4.69) is 10.6 Å². The standard InChI is InChI=1S/C13H16FN3O2/c1-7-9(14)5-8(6-10(7)15)12(18)17-11-3-2-4-16-13(11)19/h5-6,11H,2-4,15H2,1H3,(H,16,19)(H,17,18). The number of amides is 2. The average Bonchev–Trinajstić information content (AvgIpc) is 2.38. The number of nitrogens with one attached hydrogen (secondary N) is 2. The second-order valence-corrected chi connectivity index (χ2v) is 4.63. The summed E-state index contributed by atoms with van der Waals surface area (Å²) in [4.78, 5) is 23.5. The Balaban J connectivity index is 2.13. The molecule has 2 amide bonds. The SMILES string of the molecule is Cc1c(N)cc(C(=O)NC2CCCNC2=O)cc1F. The first-order chi connectivity index (χ1) is 8.99. The molecule has 1 aliphatic heterocycles. The summed E-state index contributed by atoms with van der Waals surface area (Å²) in [5.74, 6) is -1.23. The summed E-state index contributed by atoms with van der Waals surface area (Å²) < 4.78 is 13.5. The van der Waals surface area contributed by atoms with E-state index < -0.39 is 17.8 Å². The number of nitrogens with two attached hydrogens (primary N) is 1. The summed E-state index contributed by atoms with van der Waals surface area (Å²) in [6, 6.07) is 1.97. The van der Waals surface area contributed by atoms with Crippen molar-refractivity contribution < 1.29 is 14.0 Å². The molecule has 19 heavy (non-hydrogen) atoms. The number of nitrogen functional groups attached to an aromatic ring is 1. The molecule has 1 atom stereocenters. The summed E-state index contributed by atoms with van der Waals surface area (Å²) in [7, 11) is 0. The van der Waals surface area contributed by atoms with Gasteiger partial charge >= 0.3 is 0 Å². The van der Waals surface area contributed by atoms with Crippen LogP contribution >= 0.6 is 0 Å². The minimum Gasteiger partial charge on any atom is -0.398 e. The lowest BCUT2D eigenvalue weighted by Gasteiger charge is -2.22. The molecule has 5 nitrogen and oxygen atoms in total. The second kappa shape index (κ2) is 5.26. The van der Waals surface area contributed by atoms with Crippen LogP contribution in [-0.4, -0.2) is 24.4 Å². The number of hydrogen-bond acceptors (Lipinski definition) is 3. The van der Waals surface area contributed by atoms with Crippen molar-refractivity contribution in [3.05, 3.63) is 29.1 Å². The van der Waals surface area contributed by atoms with E-state index >= 15 is 0 Å². The van der Waals surface area contributed by atoms with Crippen molar-refractivity contribution in [1.29, 1.82) is 0 Å². The van der Waals surface area contributed by atoms with Gasteiger partial charge in [-0.2, -0.15) is 0 Å². The molecule has 1 aliphatic rings. The van der Waals surface area contributed by atoms with E-state index in [9.17, 15) is 14.0 Å². The lowest BCUT2D eigenvalue weighted by molar-refractivity contribution is -0.124. The topological polar surface area (TPSA) is 84.2 Å². The minimum absolute atomic E-state index is 0.124. The smallest absolute Gasteiger partial charge is 0.252 e. The second-order valence-electron chi connectivity index (χ2n) is 4.63. The maximum Gasteiger partial charge on any atom is 0.252 e. The van der Waals surface area contributed by atoms with Crippen LogP contribution in [0.25, 0.3) is 0 Å². The first kappa shape index (κ1) is 13.3. The molecule has 102 valence electrons. The van der Waals surface area contributed by atoms with E-state index in [1.165, 1.54) is 6.07 Å². The highest BCUT2D eigenvalue weighted by Crippen LogP contribution is 2.17. The molecule has 6 heteroatoms. The number of carbonyl (C=O) groups is 2. The third-order valence-corrected chi connectivity index (χ3v) is 3.24. The average molecular weight is 265 g/mol. The monoisotopic (exact) mass is 265 g/mol. The molecular weight excluding hydrogens is 249 g/mol. The third-order valence-electron chi connectivity index (χ3n) is 3.24. The zero-order chi connectivity index (χ0) is 14.0. The van der Waals surface area contributed by atoms with Crippen molar-refractivity contribution in [3.8, 4) is 0 Å². The fourth-order valence-electron chi connectivity index (χ4n) is 1.98. The summed E-state index contributed by atoms with van der Waals surface area (Å²) in [5, 5.41) is 5.25. The Morgan fingerprint density at radius 3 is 2.89 bits per heavy atom. The highest BCUT2D eigenvalue weighted by molar-refractivity contribution is 5.98. The van der Waals surface area contributed by atoms with Gasteiger partial charge < -0.3 is 16.4 Å². The quantitative estimate of drug-likeness (QED) is 0.689. The molecule has 1 fully saturated rings. The predicted molar refractivity (Wildman–Crippen MR) is 69.0 cm³/mol. The van der Waals surface area contributed by atoms with E-state index in [4.69, 9.17) is 5.73 Å². The number of piperidine rings is 1. The highest BCUT2D eigenvalue weighted by atomic mass is 19.1. The summed E-state index contributed by atoms with van der Waals surface area (Å²) in [6.45, 7) is 2.16. The van der Waals surface area contributed by atoms with E-state index in [0.717, 1.165) is 12.5 Å². The summed E-state index contributed by atoms with van der Waals surface area (Å²) in [5.41, 5.74) is 6.28. The molecule has 1 aromatic carbocycles. The lowest BCUT2D eigenvalue weighted by Crippen LogP contribution is -2.50. The van der Waals surface area contributed by atoms with Crippen LogP contribution in [0.15, 0.2) is 12.1 Å². The number of carbonyl (C=O) groups excluding carboxylic acids is 2. The number of anilines is 1. The molecule has 0 spiro atoms. The van der Waals surface area contributed by atoms with Crippen molar-refractivity contribution >= 4 is 17.5 Å². The molecule has 2 rings (SSSR count). The van der Waals surface area contributed by atoms with Crippen LogP contribution in [0.2, 0.25) is 0 Å². The Bertz CT molecular complexity index is 508. The van der Waals surface area contributed by atoms with Crippen molar-refractivity contribution in [2.24, 2.45) is 0 Å². The van der Waals surface area contributed by atoms with Crippen LogP contribution in [0, 0.1) is 12.7 Å². The van der Waals surface area contributed by atoms with Crippen molar-refractivity contribution in [3.63, 3.8) is 0 Å². The molecule has 0 aliphatic carbocycles. The first-order valence-electron chi connectivity index (χ1n) is 6.13. The Morgan fingerprint density at radius 2 is 2.26 bits per heavy atom. The minimum atomic E-state index is -0.563. The predicted octanol–water partition coefficient (Wildman–Crippen LogP) is 0.725. The molecule has 1 saturated heterocycles. The Hall–Kier alpha value is -2.11.